The number of morpholine rings is 1. The van der Waals surface area contributed by atoms with Crippen LogP contribution in [0.25, 0.3) is 21.3 Å². The molecule has 2 N–H and O–H groups in total. The Labute approximate surface area is 197 Å². The Balaban J connectivity index is 1.34. The molecule has 1 aliphatic rings. The van der Waals surface area contributed by atoms with Gasteiger partial charge in [-0.15, -0.1) is 11.3 Å². The highest BCUT2D eigenvalue weighted by Gasteiger charge is 2.12. The van der Waals surface area contributed by atoms with E-state index in [-0.39, 0.29) is 6.54 Å². The zero-order valence-corrected chi connectivity index (χ0v) is 19.4. The number of fused-ring (bicyclic) bond motifs is 1. The van der Waals surface area contributed by atoms with Crippen LogP contribution in [0.2, 0.25) is 0 Å². The van der Waals surface area contributed by atoms with Gasteiger partial charge in [0.15, 0.2) is 0 Å². The lowest BCUT2D eigenvalue weighted by atomic mass is 10.1. The first-order chi connectivity index (χ1) is 16.2. The van der Waals surface area contributed by atoms with Crippen LogP contribution in [0.1, 0.15) is 5.56 Å². The average Bonchev–Trinajstić information content (AvgIpc) is 3.27. The van der Waals surface area contributed by atoms with Gasteiger partial charge in [0.2, 0.25) is 16.8 Å². The second-order valence-corrected chi connectivity index (χ2v) is 9.36. The predicted octanol–water partition coefficient (Wildman–Crippen LogP) is 3.55. The number of nitrogens with zero attached hydrogens (tertiary/aromatic N) is 3. The summed E-state index contributed by atoms with van der Waals surface area (Å²) in [6.07, 6.45) is 1.84. The third-order valence-corrected chi connectivity index (χ3v) is 6.81. The molecule has 0 unspecified atom stereocenters. The minimum Gasteiger partial charge on any atom is -0.378 e. The van der Waals surface area contributed by atoms with E-state index in [2.05, 4.69) is 37.4 Å². The van der Waals surface area contributed by atoms with Gasteiger partial charge in [0.1, 0.15) is 0 Å². The smallest absolute Gasteiger partial charge is 0.227 e. The number of hydrogen-bond donors (Lipinski definition) is 3. The van der Waals surface area contributed by atoms with Crippen LogP contribution in [0.5, 0.6) is 0 Å². The number of hydrogen-bond acceptors (Lipinski definition) is 8. The molecule has 10 heteroatoms. The van der Waals surface area contributed by atoms with Crippen LogP contribution < -0.4 is 14.9 Å². The summed E-state index contributed by atoms with van der Waals surface area (Å²) in [4.78, 5) is 11.6. The van der Waals surface area contributed by atoms with E-state index in [0.717, 1.165) is 58.9 Å². The molecule has 0 saturated carbocycles. The Kier molecular flexibility index (Phi) is 6.49. The van der Waals surface area contributed by atoms with Gasteiger partial charge >= 0.3 is 0 Å². The van der Waals surface area contributed by atoms with Gasteiger partial charge in [0.25, 0.3) is 0 Å². The van der Waals surface area contributed by atoms with E-state index in [0.29, 0.717) is 5.95 Å². The molecule has 0 spiro atoms. The predicted molar refractivity (Wildman–Crippen MR) is 133 cm³/mol. The maximum Gasteiger partial charge on any atom is 0.227 e. The number of benzene rings is 2. The van der Waals surface area contributed by atoms with Crippen molar-refractivity contribution >= 4 is 49.8 Å². The molecule has 4 aromatic rings. The quantitative estimate of drug-likeness (QED) is 0.347. The summed E-state index contributed by atoms with van der Waals surface area (Å²) in [6, 6.07) is 16.1. The summed E-state index contributed by atoms with van der Waals surface area (Å²) >= 11 is 1.60. The van der Waals surface area contributed by atoms with Crippen molar-refractivity contribution in [2.45, 2.75) is 6.54 Å². The monoisotopic (exact) mass is 481 g/mol. The summed E-state index contributed by atoms with van der Waals surface area (Å²) in [5.41, 5.74) is 5.94. The fraction of sp³-hybridized carbons (Fsp3) is 0.217. The number of anilines is 3. The van der Waals surface area contributed by atoms with Crippen LogP contribution >= 0.6 is 11.3 Å². The Hall–Kier alpha value is -3.05. The number of ether oxygens (including phenoxy) is 1. The van der Waals surface area contributed by atoms with E-state index < -0.39 is 10.9 Å². The molecule has 33 heavy (non-hydrogen) atoms. The highest BCUT2D eigenvalue weighted by molar-refractivity contribution is 7.70. The number of thiophene rings is 1. The van der Waals surface area contributed by atoms with Gasteiger partial charge in [-0.25, -0.2) is 23.1 Å². The lowest BCUT2D eigenvalue weighted by Gasteiger charge is -2.28. The Morgan fingerprint density at radius 2 is 1.79 bits per heavy atom. The van der Waals surface area contributed by atoms with Gasteiger partial charge in [-0.2, -0.15) is 0 Å². The van der Waals surface area contributed by atoms with E-state index in [9.17, 15) is 8.42 Å². The summed E-state index contributed by atoms with van der Waals surface area (Å²) < 4.78 is 30.3. The molecule has 2 aromatic heterocycles. The maximum atomic E-state index is 10.7. The molecule has 1 aliphatic heterocycles. The van der Waals surface area contributed by atoms with Gasteiger partial charge in [0.05, 0.1) is 29.6 Å². The lowest BCUT2D eigenvalue weighted by molar-refractivity contribution is 0.122. The minimum atomic E-state index is -2.60. The number of nitrogens with one attached hydrogen (secondary N) is 2. The molecular weight excluding hydrogens is 458 g/mol. The molecule has 0 bridgehead atoms. The molecule has 170 valence electrons. The topological polar surface area (TPSA) is 96.5 Å². The number of rotatable bonds is 7. The lowest BCUT2D eigenvalue weighted by Crippen LogP contribution is -2.36. The van der Waals surface area contributed by atoms with E-state index >= 15 is 0 Å². The first-order valence-electron chi connectivity index (χ1n) is 10.6. The van der Waals surface area contributed by atoms with Crippen molar-refractivity contribution in [1.82, 2.24) is 14.7 Å². The highest BCUT2D eigenvalue weighted by atomic mass is 32.2. The van der Waals surface area contributed by atoms with Gasteiger partial charge in [-0.05, 0) is 35.4 Å². The summed E-state index contributed by atoms with van der Waals surface area (Å²) in [7, 11) is -2.60. The molecular formula is C23H23N5O3S2. The molecule has 8 nitrogen and oxygen atoms in total. The number of aromatic nitrogens is 2. The molecule has 0 amide bonds. The molecule has 3 heterocycles. The maximum absolute atomic E-state index is 10.7. The molecule has 1 fully saturated rings. The fourth-order valence-corrected chi connectivity index (χ4v) is 4.94. The zero-order chi connectivity index (χ0) is 22.6. The van der Waals surface area contributed by atoms with Crippen molar-refractivity contribution < 1.29 is 13.2 Å². The Morgan fingerprint density at radius 3 is 2.52 bits per heavy atom. The summed E-state index contributed by atoms with van der Waals surface area (Å²) in [5, 5.41) is 5.38. The van der Waals surface area contributed by atoms with E-state index in [1.807, 2.05) is 42.6 Å². The van der Waals surface area contributed by atoms with Gasteiger partial charge in [-0.3, -0.25) is 0 Å². The normalized spacial score (nSPS) is 14.2. The third-order valence-electron chi connectivity index (χ3n) is 5.49. The van der Waals surface area contributed by atoms with Crippen molar-refractivity contribution in [3.05, 3.63) is 65.7 Å². The second-order valence-electron chi connectivity index (χ2n) is 7.62. The van der Waals surface area contributed by atoms with Crippen molar-refractivity contribution in [1.29, 1.82) is 0 Å². The summed E-state index contributed by atoms with van der Waals surface area (Å²) in [5.74, 6) is 0.543. The summed E-state index contributed by atoms with van der Waals surface area (Å²) in [6.45, 7) is 3.62. The second kappa shape index (κ2) is 9.84. The van der Waals surface area contributed by atoms with E-state index in [4.69, 9.17) is 9.72 Å². The van der Waals surface area contributed by atoms with Crippen LogP contribution in [0.4, 0.5) is 17.3 Å². The minimum absolute atomic E-state index is 0.282. The molecule has 1 saturated heterocycles. The van der Waals surface area contributed by atoms with Crippen molar-refractivity contribution in [2.75, 3.05) is 36.5 Å². The van der Waals surface area contributed by atoms with Gasteiger partial charge in [0, 0.05) is 42.0 Å². The van der Waals surface area contributed by atoms with Crippen molar-refractivity contribution in [3.63, 3.8) is 0 Å². The SMILES string of the molecule is O=[SH](=O)NCc1ccc(-c2csc3cnc(Nc4ccc(N5CCOCC5)cc4)nc23)cc1. The largest absolute Gasteiger partial charge is 0.378 e. The van der Waals surface area contributed by atoms with Crippen LogP contribution in [-0.4, -0.2) is 44.7 Å². The molecule has 0 radical (unpaired) electrons. The van der Waals surface area contributed by atoms with Crippen LogP contribution in [0.15, 0.2) is 60.1 Å². The van der Waals surface area contributed by atoms with Crippen LogP contribution in [0, 0.1) is 0 Å². The third kappa shape index (κ3) is 5.14. The van der Waals surface area contributed by atoms with Gasteiger partial charge in [-0.1, -0.05) is 24.3 Å². The molecule has 0 atom stereocenters. The van der Waals surface area contributed by atoms with Crippen LogP contribution in [-0.2, 0) is 22.2 Å². The molecule has 0 aliphatic carbocycles. The number of thiol groups is 1. The average molecular weight is 482 g/mol. The first-order valence-corrected chi connectivity index (χ1v) is 12.6. The van der Waals surface area contributed by atoms with E-state index in [1.54, 1.807) is 11.3 Å². The highest BCUT2D eigenvalue weighted by Crippen LogP contribution is 2.33. The van der Waals surface area contributed by atoms with Crippen LogP contribution in [0.3, 0.4) is 0 Å². The van der Waals surface area contributed by atoms with Gasteiger partial charge < -0.3 is 15.0 Å². The zero-order valence-electron chi connectivity index (χ0n) is 17.7. The Bertz CT molecular complexity index is 1310. The molecule has 5 rings (SSSR count). The first kappa shape index (κ1) is 21.8. The standard InChI is InChI=1S/C23H23N5O3S2/c29-33(30)25-13-16-1-3-17(4-2-16)20-15-32-21-14-24-23(27-22(20)21)26-18-5-7-19(8-6-18)28-9-11-31-12-10-28/h1-8,14-15,33H,9-13H2,(H,24,26,27)(H,25,29,30). The Morgan fingerprint density at radius 1 is 1.03 bits per heavy atom. The fourth-order valence-electron chi connectivity index (χ4n) is 3.76. The van der Waals surface area contributed by atoms with Crippen molar-refractivity contribution in [3.8, 4) is 11.1 Å². The van der Waals surface area contributed by atoms with E-state index in [1.165, 1.54) is 5.69 Å². The molecule has 2 aromatic carbocycles. The van der Waals surface area contributed by atoms with Crippen molar-refractivity contribution in [2.24, 2.45) is 0 Å².